The van der Waals surface area contributed by atoms with Crippen LogP contribution < -0.4 is 9.47 Å². The molecule has 4 aromatic rings. The summed E-state index contributed by atoms with van der Waals surface area (Å²) in [5.41, 5.74) is 1.57. The normalized spacial score (nSPS) is 12.3. The highest BCUT2D eigenvalue weighted by atomic mass is 32.2. The number of hydrogen-bond acceptors (Lipinski definition) is 5. The minimum atomic E-state index is -4.00. The maximum atomic E-state index is 13.5. The monoisotopic (exact) mass is 456 g/mol. The number of rotatable bonds is 7. The fraction of sp³-hybridized carbons (Fsp3) is 0.0870. The van der Waals surface area contributed by atoms with Gasteiger partial charge in [0.2, 0.25) is 9.84 Å². The van der Waals surface area contributed by atoms with E-state index in [2.05, 4.69) is 14.7 Å². The molecule has 164 valence electrons. The van der Waals surface area contributed by atoms with Gasteiger partial charge in [-0.05, 0) is 48.0 Å². The number of para-hydroxylation sites is 2. The zero-order chi connectivity index (χ0) is 22.7. The molecule has 0 atom stereocenters. The van der Waals surface area contributed by atoms with Crippen LogP contribution in [0.25, 0.3) is 22.0 Å². The van der Waals surface area contributed by atoms with Crippen molar-refractivity contribution in [2.24, 2.45) is 0 Å². The number of aromatic nitrogens is 2. The molecule has 1 N–H and O–H groups in total. The van der Waals surface area contributed by atoms with Crippen molar-refractivity contribution in [3.05, 3.63) is 84.2 Å². The van der Waals surface area contributed by atoms with Crippen LogP contribution in [-0.4, -0.2) is 32.1 Å². The second-order valence-electron chi connectivity index (χ2n) is 6.72. The Bertz CT molecular complexity index is 1350. The standard InChI is InChI=1S/C23H18F2N2O4S/c1-30-19-12-11-15(13-20(19)31-23(24)25)14-21(32(28,29)16-7-3-2-4-8-16)22-26-17-9-5-6-10-18(17)27-22/h2-14,23H,1H3,(H,26,27). The van der Waals surface area contributed by atoms with Gasteiger partial charge in [-0.2, -0.15) is 8.78 Å². The van der Waals surface area contributed by atoms with E-state index in [1.54, 1.807) is 48.5 Å². The van der Waals surface area contributed by atoms with Gasteiger partial charge < -0.3 is 14.5 Å². The molecular formula is C23H18F2N2O4S. The maximum absolute atomic E-state index is 13.5. The maximum Gasteiger partial charge on any atom is 0.387 e. The molecule has 0 aliphatic rings. The number of H-pyrrole nitrogens is 1. The average Bonchev–Trinajstić information content (AvgIpc) is 3.21. The van der Waals surface area contributed by atoms with E-state index in [1.807, 2.05) is 0 Å². The number of halogens is 2. The molecule has 32 heavy (non-hydrogen) atoms. The summed E-state index contributed by atoms with van der Waals surface area (Å²) in [6.45, 7) is -3.06. The topological polar surface area (TPSA) is 81.3 Å². The molecule has 0 aliphatic heterocycles. The number of imidazole rings is 1. The number of nitrogens with zero attached hydrogens (tertiary/aromatic N) is 1. The number of hydrogen-bond donors (Lipinski definition) is 1. The number of alkyl halides is 2. The lowest BCUT2D eigenvalue weighted by atomic mass is 10.2. The number of fused-ring (bicyclic) bond motifs is 1. The van der Waals surface area contributed by atoms with Crippen molar-refractivity contribution in [3.8, 4) is 11.5 Å². The fourth-order valence-electron chi connectivity index (χ4n) is 3.19. The highest BCUT2D eigenvalue weighted by Gasteiger charge is 2.25. The van der Waals surface area contributed by atoms with Gasteiger partial charge in [-0.3, -0.25) is 0 Å². The molecular weight excluding hydrogens is 438 g/mol. The van der Waals surface area contributed by atoms with Crippen LogP contribution >= 0.6 is 0 Å². The lowest BCUT2D eigenvalue weighted by Gasteiger charge is -2.11. The van der Waals surface area contributed by atoms with Gasteiger partial charge in [0.1, 0.15) is 10.7 Å². The predicted octanol–water partition coefficient (Wildman–Crippen LogP) is 5.14. The molecule has 0 fully saturated rings. The molecule has 1 aromatic heterocycles. The van der Waals surface area contributed by atoms with E-state index in [9.17, 15) is 17.2 Å². The van der Waals surface area contributed by atoms with Crippen LogP contribution in [0.1, 0.15) is 11.4 Å². The van der Waals surface area contributed by atoms with Gasteiger partial charge in [-0.25, -0.2) is 13.4 Å². The van der Waals surface area contributed by atoms with Gasteiger partial charge in [0, 0.05) is 0 Å². The molecule has 0 aliphatic carbocycles. The first-order valence-corrected chi connectivity index (χ1v) is 11.0. The van der Waals surface area contributed by atoms with Gasteiger partial charge in [0.05, 0.1) is 23.0 Å². The summed E-state index contributed by atoms with van der Waals surface area (Å²) >= 11 is 0. The van der Waals surface area contributed by atoms with E-state index in [1.165, 1.54) is 37.5 Å². The Morgan fingerprint density at radius 1 is 1.00 bits per heavy atom. The second-order valence-corrected chi connectivity index (χ2v) is 8.63. The van der Waals surface area contributed by atoms with Gasteiger partial charge in [0.25, 0.3) is 0 Å². The molecule has 6 nitrogen and oxygen atoms in total. The number of nitrogens with one attached hydrogen (secondary N) is 1. The first kappa shape index (κ1) is 21.5. The van der Waals surface area contributed by atoms with Crippen LogP contribution in [0, 0.1) is 0 Å². The minimum Gasteiger partial charge on any atom is -0.493 e. The zero-order valence-electron chi connectivity index (χ0n) is 16.8. The van der Waals surface area contributed by atoms with E-state index in [-0.39, 0.29) is 27.1 Å². The number of methoxy groups -OCH3 is 1. The third-order valence-corrected chi connectivity index (χ3v) is 6.45. The highest BCUT2D eigenvalue weighted by molar-refractivity contribution is 8.00. The summed E-state index contributed by atoms with van der Waals surface area (Å²) in [5, 5.41) is 0. The SMILES string of the molecule is COc1ccc(C=C(c2nc3ccccc3[nH]2)S(=O)(=O)c2ccccc2)cc1OC(F)F. The molecule has 0 saturated carbocycles. The molecule has 0 radical (unpaired) electrons. The molecule has 4 rings (SSSR count). The van der Waals surface area contributed by atoms with Crippen LogP contribution in [0.2, 0.25) is 0 Å². The molecule has 0 spiro atoms. The molecule has 0 amide bonds. The van der Waals surface area contributed by atoms with E-state index >= 15 is 0 Å². The highest BCUT2D eigenvalue weighted by Crippen LogP contribution is 2.34. The lowest BCUT2D eigenvalue weighted by molar-refractivity contribution is -0.0512. The summed E-state index contributed by atoms with van der Waals surface area (Å²) in [4.78, 5) is 7.41. The third kappa shape index (κ3) is 4.33. The Hall–Kier alpha value is -3.72. The van der Waals surface area contributed by atoms with E-state index < -0.39 is 16.4 Å². The van der Waals surface area contributed by atoms with E-state index in [0.29, 0.717) is 16.6 Å². The van der Waals surface area contributed by atoms with E-state index in [4.69, 9.17) is 4.74 Å². The predicted molar refractivity (Wildman–Crippen MR) is 117 cm³/mol. The van der Waals surface area contributed by atoms with Crippen LogP contribution in [0.4, 0.5) is 8.78 Å². The fourth-order valence-corrected chi connectivity index (χ4v) is 4.60. The van der Waals surface area contributed by atoms with Crippen molar-refractivity contribution in [2.45, 2.75) is 11.5 Å². The molecule has 0 saturated heterocycles. The van der Waals surface area contributed by atoms with Crippen molar-refractivity contribution >= 4 is 31.9 Å². The van der Waals surface area contributed by atoms with Crippen molar-refractivity contribution in [2.75, 3.05) is 7.11 Å². The molecule has 0 unspecified atom stereocenters. The Kier molecular flexibility index (Phi) is 5.91. The second kappa shape index (κ2) is 8.80. The van der Waals surface area contributed by atoms with Crippen molar-refractivity contribution in [3.63, 3.8) is 0 Å². The Balaban J connectivity index is 1.91. The smallest absolute Gasteiger partial charge is 0.387 e. The number of aromatic amines is 1. The van der Waals surface area contributed by atoms with Gasteiger partial charge in [-0.15, -0.1) is 0 Å². The lowest BCUT2D eigenvalue weighted by Crippen LogP contribution is -2.06. The Morgan fingerprint density at radius 2 is 1.72 bits per heavy atom. The van der Waals surface area contributed by atoms with Crippen molar-refractivity contribution in [1.82, 2.24) is 9.97 Å². The van der Waals surface area contributed by atoms with Gasteiger partial charge >= 0.3 is 6.61 Å². The zero-order valence-corrected chi connectivity index (χ0v) is 17.6. The third-order valence-electron chi connectivity index (χ3n) is 4.67. The average molecular weight is 456 g/mol. The summed E-state index contributed by atoms with van der Waals surface area (Å²) in [5.74, 6) is 0.0122. The first-order valence-electron chi connectivity index (χ1n) is 9.48. The van der Waals surface area contributed by atoms with Crippen LogP contribution in [-0.2, 0) is 9.84 Å². The van der Waals surface area contributed by atoms with Gasteiger partial charge in [-0.1, -0.05) is 36.4 Å². The number of sulfone groups is 1. The molecule has 3 aromatic carbocycles. The molecule has 1 heterocycles. The quantitative estimate of drug-likeness (QED) is 0.416. The summed E-state index contributed by atoms with van der Waals surface area (Å²) in [6.07, 6.45) is 1.36. The van der Waals surface area contributed by atoms with Crippen LogP contribution in [0.5, 0.6) is 11.5 Å². The molecule has 9 heteroatoms. The van der Waals surface area contributed by atoms with Gasteiger partial charge in [0.15, 0.2) is 11.5 Å². The number of benzene rings is 3. The minimum absolute atomic E-state index is 0.0734. The van der Waals surface area contributed by atoms with Crippen molar-refractivity contribution in [1.29, 1.82) is 0 Å². The molecule has 0 bridgehead atoms. The van der Waals surface area contributed by atoms with Crippen LogP contribution in [0.15, 0.2) is 77.7 Å². The largest absolute Gasteiger partial charge is 0.493 e. The first-order chi connectivity index (χ1) is 15.4. The Morgan fingerprint density at radius 3 is 2.41 bits per heavy atom. The van der Waals surface area contributed by atoms with E-state index in [0.717, 1.165) is 0 Å². The summed E-state index contributed by atoms with van der Waals surface area (Å²) in [7, 11) is -2.68. The number of ether oxygens (including phenoxy) is 2. The van der Waals surface area contributed by atoms with Crippen LogP contribution in [0.3, 0.4) is 0 Å². The summed E-state index contributed by atoms with van der Waals surface area (Å²) < 4.78 is 62.2. The summed E-state index contributed by atoms with van der Waals surface area (Å²) in [6, 6.07) is 19.3. The Labute approximate surface area is 183 Å². The van der Waals surface area contributed by atoms with Crippen molar-refractivity contribution < 1.29 is 26.7 Å².